The Balaban J connectivity index is 1.81. The number of benzene rings is 2. The number of methoxy groups -OCH3 is 1. The Morgan fingerprint density at radius 1 is 1.07 bits per heavy atom. The van der Waals surface area contributed by atoms with Crippen LogP contribution < -0.4 is 15.4 Å². The molecule has 2 aromatic rings. The largest absolute Gasteiger partial charge is 0.497 e. The average Bonchev–Trinajstić information content (AvgIpc) is 2.94. The molecule has 1 aliphatic rings. The number of rotatable bonds is 7. The van der Waals surface area contributed by atoms with Crippen molar-refractivity contribution in [3.05, 3.63) is 59.7 Å². The first-order chi connectivity index (χ1) is 13.4. The highest BCUT2D eigenvalue weighted by molar-refractivity contribution is 6.21. The third-order valence-corrected chi connectivity index (χ3v) is 4.58. The summed E-state index contributed by atoms with van der Waals surface area (Å²) in [6.07, 6.45) is 0.367. The van der Waals surface area contributed by atoms with Crippen molar-refractivity contribution in [1.82, 2.24) is 10.2 Å². The molecule has 3 rings (SSSR count). The standard InChI is InChI=1S/C20H19N3O5/c1-20(21-12-24,19(27)22-13-7-9-14(28-2)10-8-13)11-23-17(25)15-5-3-4-6-16(15)18(23)26/h3-10,12H,11H2,1-2H3,(H,21,24)(H,22,27). The number of hydrogen-bond acceptors (Lipinski definition) is 5. The van der Waals surface area contributed by atoms with Gasteiger partial charge < -0.3 is 15.4 Å². The summed E-state index contributed by atoms with van der Waals surface area (Å²) in [6, 6.07) is 13.0. The minimum absolute atomic E-state index is 0.275. The molecular weight excluding hydrogens is 362 g/mol. The van der Waals surface area contributed by atoms with E-state index in [9.17, 15) is 19.2 Å². The summed E-state index contributed by atoms with van der Waals surface area (Å²) in [5.74, 6) is -0.951. The molecule has 2 aromatic carbocycles. The monoisotopic (exact) mass is 381 g/mol. The number of ether oxygens (including phenoxy) is 1. The number of anilines is 1. The van der Waals surface area contributed by atoms with Gasteiger partial charge in [-0.15, -0.1) is 0 Å². The maximum atomic E-state index is 12.8. The molecule has 1 unspecified atom stereocenters. The second-order valence-electron chi connectivity index (χ2n) is 6.52. The first kappa shape index (κ1) is 19.1. The van der Waals surface area contributed by atoms with E-state index in [-0.39, 0.29) is 17.7 Å². The van der Waals surface area contributed by atoms with E-state index in [1.807, 2.05) is 0 Å². The minimum atomic E-state index is -1.52. The smallest absolute Gasteiger partial charge is 0.261 e. The fourth-order valence-electron chi connectivity index (χ4n) is 2.96. The number of nitrogens with zero attached hydrogens (tertiary/aromatic N) is 1. The molecule has 0 aromatic heterocycles. The summed E-state index contributed by atoms with van der Waals surface area (Å²) in [5, 5.41) is 5.11. The summed E-state index contributed by atoms with van der Waals surface area (Å²) in [7, 11) is 1.53. The van der Waals surface area contributed by atoms with E-state index in [2.05, 4.69) is 10.6 Å². The van der Waals surface area contributed by atoms with Crippen molar-refractivity contribution in [2.45, 2.75) is 12.5 Å². The van der Waals surface area contributed by atoms with Crippen LogP contribution in [0.2, 0.25) is 0 Å². The lowest BCUT2D eigenvalue weighted by atomic mass is 10.00. The Morgan fingerprint density at radius 2 is 1.64 bits per heavy atom. The molecular formula is C20H19N3O5. The number of amides is 4. The van der Waals surface area contributed by atoms with Gasteiger partial charge in [0.05, 0.1) is 24.8 Å². The zero-order valence-electron chi connectivity index (χ0n) is 15.4. The SMILES string of the molecule is COc1ccc(NC(=O)C(C)(CN2C(=O)c3ccccc3C2=O)NC=O)cc1. The molecule has 4 amide bonds. The third-order valence-electron chi connectivity index (χ3n) is 4.58. The predicted molar refractivity (Wildman–Crippen MR) is 101 cm³/mol. The molecule has 0 saturated carbocycles. The normalized spacial score (nSPS) is 14.9. The van der Waals surface area contributed by atoms with Crippen LogP contribution in [0.25, 0.3) is 0 Å². The molecule has 0 aliphatic carbocycles. The van der Waals surface area contributed by atoms with Crippen LogP contribution >= 0.6 is 0 Å². The van der Waals surface area contributed by atoms with Gasteiger partial charge in [0.2, 0.25) is 6.41 Å². The van der Waals surface area contributed by atoms with Gasteiger partial charge in [0.25, 0.3) is 17.7 Å². The zero-order chi connectivity index (χ0) is 20.3. The van der Waals surface area contributed by atoms with Gasteiger partial charge in [0.15, 0.2) is 0 Å². The van der Waals surface area contributed by atoms with Crippen LogP contribution in [0.5, 0.6) is 5.75 Å². The lowest BCUT2D eigenvalue weighted by Gasteiger charge is -2.31. The highest BCUT2D eigenvalue weighted by Crippen LogP contribution is 2.25. The summed E-state index contributed by atoms with van der Waals surface area (Å²) < 4.78 is 5.07. The van der Waals surface area contributed by atoms with Gasteiger partial charge in [0.1, 0.15) is 11.3 Å². The second-order valence-corrected chi connectivity index (χ2v) is 6.52. The third kappa shape index (κ3) is 3.44. The van der Waals surface area contributed by atoms with Gasteiger partial charge in [-0.3, -0.25) is 24.1 Å². The number of nitrogens with one attached hydrogen (secondary N) is 2. The number of carbonyl (C=O) groups excluding carboxylic acids is 4. The average molecular weight is 381 g/mol. The number of carbonyl (C=O) groups is 4. The number of fused-ring (bicyclic) bond motifs is 1. The highest BCUT2D eigenvalue weighted by atomic mass is 16.5. The number of hydrogen-bond donors (Lipinski definition) is 2. The van der Waals surface area contributed by atoms with Crippen molar-refractivity contribution in [3.63, 3.8) is 0 Å². The van der Waals surface area contributed by atoms with Crippen molar-refractivity contribution in [3.8, 4) is 5.75 Å². The van der Waals surface area contributed by atoms with Crippen LogP contribution in [0.15, 0.2) is 48.5 Å². The molecule has 1 heterocycles. The molecule has 0 saturated heterocycles. The lowest BCUT2D eigenvalue weighted by molar-refractivity contribution is -0.125. The van der Waals surface area contributed by atoms with Crippen molar-refractivity contribution in [1.29, 1.82) is 0 Å². The first-order valence-corrected chi connectivity index (χ1v) is 8.51. The van der Waals surface area contributed by atoms with Gasteiger partial charge in [-0.25, -0.2) is 0 Å². The lowest BCUT2D eigenvalue weighted by Crippen LogP contribution is -2.59. The van der Waals surface area contributed by atoms with Crippen LogP contribution in [0, 0.1) is 0 Å². The topological polar surface area (TPSA) is 105 Å². The minimum Gasteiger partial charge on any atom is -0.497 e. The highest BCUT2D eigenvalue weighted by Gasteiger charge is 2.43. The van der Waals surface area contributed by atoms with E-state index in [0.29, 0.717) is 17.8 Å². The summed E-state index contributed by atoms with van der Waals surface area (Å²) in [6.45, 7) is 1.14. The van der Waals surface area contributed by atoms with E-state index in [4.69, 9.17) is 4.74 Å². The van der Waals surface area contributed by atoms with Gasteiger partial charge in [-0.1, -0.05) is 12.1 Å². The van der Waals surface area contributed by atoms with E-state index in [1.165, 1.54) is 14.0 Å². The van der Waals surface area contributed by atoms with Gasteiger partial charge in [-0.2, -0.15) is 0 Å². The Bertz CT molecular complexity index is 906. The predicted octanol–water partition coefficient (Wildman–Crippen LogP) is 1.43. The van der Waals surface area contributed by atoms with E-state index in [0.717, 1.165) is 4.90 Å². The van der Waals surface area contributed by atoms with Crippen LogP contribution in [0.4, 0.5) is 5.69 Å². The van der Waals surface area contributed by atoms with Crippen molar-refractivity contribution in [2.24, 2.45) is 0 Å². The molecule has 0 fully saturated rings. The molecule has 8 nitrogen and oxygen atoms in total. The van der Waals surface area contributed by atoms with Gasteiger partial charge in [-0.05, 0) is 43.3 Å². The second kappa shape index (κ2) is 7.51. The van der Waals surface area contributed by atoms with E-state index in [1.54, 1.807) is 48.5 Å². The Hall–Kier alpha value is -3.68. The Morgan fingerprint density at radius 3 is 2.14 bits per heavy atom. The van der Waals surface area contributed by atoms with Crippen molar-refractivity contribution < 1.29 is 23.9 Å². The molecule has 0 spiro atoms. The molecule has 0 bridgehead atoms. The molecule has 1 atom stereocenters. The maximum absolute atomic E-state index is 12.8. The van der Waals surface area contributed by atoms with Crippen molar-refractivity contribution in [2.75, 3.05) is 19.0 Å². The van der Waals surface area contributed by atoms with E-state index >= 15 is 0 Å². The van der Waals surface area contributed by atoms with Crippen molar-refractivity contribution >= 4 is 29.8 Å². The fourth-order valence-corrected chi connectivity index (χ4v) is 2.96. The molecule has 28 heavy (non-hydrogen) atoms. The molecule has 2 N–H and O–H groups in total. The zero-order valence-corrected chi connectivity index (χ0v) is 15.4. The van der Waals surface area contributed by atoms with E-state index < -0.39 is 23.3 Å². The summed E-state index contributed by atoms with van der Waals surface area (Å²) in [5.41, 5.74) is -0.491. The molecule has 144 valence electrons. The van der Waals surface area contributed by atoms with Gasteiger partial charge >= 0.3 is 0 Å². The van der Waals surface area contributed by atoms with Crippen LogP contribution in [0.3, 0.4) is 0 Å². The van der Waals surface area contributed by atoms with Crippen LogP contribution in [-0.4, -0.2) is 48.2 Å². The van der Waals surface area contributed by atoms with Gasteiger partial charge in [0, 0.05) is 5.69 Å². The quantitative estimate of drug-likeness (QED) is 0.558. The maximum Gasteiger partial charge on any atom is 0.261 e. The first-order valence-electron chi connectivity index (χ1n) is 8.51. The Labute approximate surface area is 161 Å². The molecule has 8 heteroatoms. The summed E-state index contributed by atoms with van der Waals surface area (Å²) >= 11 is 0. The Kier molecular flexibility index (Phi) is 5.12. The van der Waals surface area contributed by atoms with Crippen LogP contribution in [0.1, 0.15) is 27.6 Å². The fraction of sp³-hybridized carbons (Fsp3) is 0.200. The molecule has 1 aliphatic heterocycles. The van der Waals surface area contributed by atoms with Crippen LogP contribution in [-0.2, 0) is 9.59 Å². The molecule has 0 radical (unpaired) electrons. The number of imide groups is 1. The summed E-state index contributed by atoms with van der Waals surface area (Å²) in [4.78, 5) is 50.1.